The minimum Gasteiger partial charge on any atom is -0.467 e. The van der Waals surface area contributed by atoms with Crippen molar-refractivity contribution in [3.05, 3.63) is 77.6 Å². The summed E-state index contributed by atoms with van der Waals surface area (Å²) in [7, 11) is -3.67. The second-order valence-corrected chi connectivity index (χ2v) is 8.82. The summed E-state index contributed by atoms with van der Waals surface area (Å²) in [6, 6.07) is 11.8. The van der Waals surface area contributed by atoms with Crippen LogP contribution in [-0.2, 0) is 23.1 Å². The van der Waals surface area contributed by atoms with E-state index < -0.39 is 10.0 Å². The van der Waals surface area contributed by atoms with Crippen molar-refractivity contribution in [3.63, 3.8) is 0 Å². The molecule has 2 aromatic heterocycles. The molecule has 0 radical (unpaired) electrons. The lowest BCUT2D eigenvalue weighted by molar-refractivity contribution is 0.0704. The molecule has 0 aliphatic rings. The van der Waals surface area contributed by atoms with E-state index >= 15 is 0 Å². The Balaban J connectivity index is 1.97. The summed E-state index contributed by atoms with van der Waals surface area (Å²) in [5, 5.41) is 0. The fraction of sp³-hybridized carbons (Fsp3) is 0.318. The summed E-state index contributed by atoms with van der Waals surface area (Å²) in [6.07, 6.45) is 3.10. The highest BCUT2D eigenvalue weighted by Crippen LogP contribution is 2.22. The summed E-state index contributed by atoms with van der Waals surface area (Å²) in [6.45, 7) is 6.56. The zero-order valence-electron chi connectivity index (χ0n) is 17.4. The fourth-order valence-electron chi connectivity index (χ4n) is 3.26. The van der Waals surface area contributed by atoms with E-state index in [0.29, 0.717) is 35.7 Å². The third-order valence-electron chi connectivity index (χ3n) is 4.92. The van der Waals surface area contributed by atoms with Crippen LogP contribution >= 0.6 is 0 Å². The maximum atomic E-state index is 13.4. The highest BCUT2D eigenvalue weighted by Gasteiger charge is 2.26. The van der Waals surface area contributed by atoms with Crippen LogP contribution in [0.15, 0.2) is 68.7 Å². The SMILES string of the molecule is CCN(CC)S(=O)(=O)c1ccc(C)c(C(=O)N(Cc2ccco2)Cc2ccco2)c1. The van der Waals surface area contributed by atoms with E-state index in [0.717, 1.165) is 0 Å². The van der Waals surface area contributed by atoms with Gasteiger partial charge in [0, 0.05) is 18.7 Å². The molecule has 3 rings (SSSR count). The first-order valence-electron chi connectivity index (χ1n) is 9.81. The van der Waals surface area contributed by atoms with Crippen LogP contribution in [0.3, 0.4) is 0 Å². The molecule has 8 heteroatoms. The van der Waals surface area contributed by atoms with Crippen LogP contribution in [0, 0.1) is 6.92 Å². The van der Waals surface area contributed by atoms with Gasteiger partial charge in [-0.1, -0.05) is 19.9 Å². The van der Waals surface area contributed by atoms with Crippen molar-refractivity contribution in [2.75, 3.05) is 13.1 Å². The van der Waals surface area contributed by atoms with E-state index in [2.05, 4.69) is 0 Å². The maximum absolute atomic E-state index is 13.4. The number of sulfonamides is 1. The van der Waals surface area contributed by atoms with Gasteiger partial charge in [0.1, 0.15) is 11.5 Å². The van der Waals surface area contributed by atoms with Gasteiger partial charge in [-0.2, -0.15) is 4.31 Å². The first-order valence-corrected chi connectivity index (χ1v) is 11.3. The number of rotatable bonds is 9. The lowest BCUT2D eigenvalue weighted by atomic mass is 10.1. The highest BCUT2D eigenvalue weighted by atomic mass is 32.2. The van der Waals surface area contributed by atoms with Crippen molar-refractivity contribution in [2.24, 2.45) is 0 Å². The van der Waals surface area contributed by atoms with Gasteiger partial charge in [-0.3, -0.25) is 4.79 Å². The summed E-state index contributed by atoms with van der Waals surface area (Å²) in [5.74, 6) is 0.954. The van der Waals surface area contributed by atoms with Crippen molar-refractivity contribution < 1.29 is 22.0 Å². The van der Waals surface area contributed by atoms with Crippen LogP contribution in [0.1, 0.15) is 41.3 Å². The van der Waals surface area contributed by atoms with Gasteiger partial charge in [0.15, 0.2) is 0 Å². The van der Waals surface area contributed by atoms with Crippen LogP contribution in [-0.4, -0.2) is 36.6 Å². The zero-order valence-corrected chi connectivity index (χ0v) is 18.2. The van der Waals surface area contributed by atoms with Crippen LogP contribution in [0.2, 0.25) is 0 Å². The summed E-state index contributed by atoms with van der Waals surface area (Å²) < 4.78 is 38.1. The molecule has 0 bridgehead atoms. The van der Waals surface area contributed by atoms with Crippen molar-refractivity contribution in [3.8, 4) is 0 Å². The van der Waals surface area contributed by atoms with Gasteiger partial charge in [-0.15, -0.1) is 0 Å². The number of carbonyl (C=O) groups is 1. The number of hydrogen-bond donors (Lipinski definition) is 0. The summed E-state index contributed by atoms with van der Waals surface area (Å²) >= 11 is 0. The number of carbonyl (C=O) groups excluding carboxylic acids is 1. The number of hydrogen-bond acceptors (Lipinski definition) is 5. The van der Waals surface area contributed by atoms with Crippen LogP contribution < -0.4 is 0 Å². The lowest BCUT2D eigenvalue weighted by Crippen LogP contribution is -2.32. The topological polar surface area (TPSA) is 84.0 Å². The molecular formula is C22H26N2O5S. The molecule has 0 N–H and O–H groups in total. The van der Waals surface area contributed by atoms with Gasteiger partial charge in [0.2, 0.25) is 10.0 Å². The molecule has 0 saturated heterocycles. The largest absolute Gasteiger partial charge is 0.467 e. The number of furan rings is 2. The highest BCUT2D eigenvalue weighted by molar-refractivity contribution is 7.89. The van der Waals surface area contributed by atoms with Crippen LogP contribution in [0.25, 0.3) is 0 Å². The van der Waals surface area contributed by atoms with Crippen molar-refractivity contribution in [1.82, 2.24) is 9.21 Å². The van der Waals surface area contributed by atoms with Gasteiger partial charge in [-0.25, -0.2) is 8.42 Å². The second-order valence-electron chi connectivity index (χ2n) is 6.89. The second kappa shape index (κ2) is 9.32. The number of aryl methyl sites for hydroxylation is 1. The van der Waals surface area contributed by atoms with E-state index in [4.69, 9.17) is 8.83 Å². The van der Waals surface area contributed by atoms with E-state index in [1.165, 1.54) is 10.4 Å². The zero-order chi connectivity index (χ0) is 21.7. The number of benzene rings is 1. The van der Waals surface area contributed by atoms with E-state index in [9.17, 15) is 13.2 Å². The lowest BCUT2D eigenvalue weighted by Gasteiger charge is -2.23. The van der Waals surface area contributed by atoms with E-state index in [-0.39, 0.29) is 23.9 Å². The normalized spacial score (nSPS) is 11.7. The Labute approximate surface area is 176 Å². The Hall–Kier alpha value is -2.84. The van der Waals surface area contributed by atoms with E-state index in [1.807, 2.05) is 0 Å². The smallest absolute Gasteiger partial charge is 0.254 e. The molecule has 1 aromatic carbocycles. The molecule has 2 heterocycles. The molecule has 0 aliphatic carbocycles. The van der Waals surface area contributed by atoms with Crippen LogP contribution in [0.5, 0.6) is 0 Å². The first kappa shape index (κ1) is 21.9. The Bertz CT molecular complexity index is 1030. The van der Waals surface area contributed by atoms with Crippen molar-refractivity contribution in [2.45, 2.75) is 38.8 Å². The molecule has 0 fully saturated rings. The molecule has 30 heavy (non-hydrogen) atoms. The average molecular weight is 431 g/mol. The molecular weight excluding hydrogens is 404 g/mol. The predicted molar refractivity (Wildman–Crippen MR) is 112 cm³/mol. The average Bonchev–Trinajstić information content (AvgIpc) is 3.42. The van der Waals surface area contributed by atoms with Gasteiger partial charge >= 0.3 is 0 Å². The summed E-state index contributed by atoms with van der Waals surface area (Å²) in [5.41, 5.74) is 1.03. The third-order valence-corrected chi connectivity index (χ3v) is 6.97. The van der Waals surface area contributed by atoms with Gasteiger partial charge in [0.05, 0.1) is 30.5 Å². The standard InChI is InChI=1S/C22H26N2O5S/c1-4-24(5-2)30(26,27)20-11-10-17(3)21(14-20)22(25)23(15-18-8-6-12-28-18)16-19-9-7-13-29-19/h6-14H,4-5,15-16H2,1-3H3. The number of amides is 1. The Kier molecular flexibility index (Phi) is 6.79. The summed E-state index contributed by atoms with van der Waals surface area (Å²) in [4.78, 5) is 15.1. The van der Waals surface area contributed by atoms with Gasteiger partial charge in [0.25, 0.3) is 5.91 Å². The van der Waals surface area contributed by atoms with Gasteiger partial charge < -0.3 is 13.7 Å². The molecule has 1 amide bonds. The Morgan fingerprint density at radius 2 is 1.50 bits per heavy atom. The third kappa shape index (κ3) is 4.66. The molecule has 0 aliphatic heterocycles. The molecule has 0 saturated carbocycles. The quantitative estimate of drug-likeness (QED) is 0.511. The molecule has 160 valence electrons. The monoisotopic (exact) mass is 430 g/mol. The molecule has 0 atom stereocenters. The predicted octanol–water partition coefficient (Wildman–Crippen LogP) is 4.05. The minimum absolute atomic E-state index is 0.107. The van der Waals surface area contributed by atoms with E-state index in [1.54, 1.807) is 74.6 Å². The molecule has 0 unspecified atom stereocenters. The maximum Gasteiger partial charge on any atom is 0.254 e. The number of nitrogens with zero attached hydrogens (tertiary/aromatic N) is 2. The first-order chi connectivity index (χ1) is 14.4. The molecule has 7 nitrogen and oxygen atoms in total. The fourth-order valence-corrected chi connectivity index (χ4v) is 4.74. The van der Waals surface area contributed by atoms with Crippen molar-refractivity contribution in [1.29, 1.82) is 0 Å². The Morgan fingerprint density at radius 1 is 0.933 bits per heavy atom. The van der Waals surface area contributed by atoms with Crippen LogP contribution in [0.4, 0.5) is 0 Å². The van der Waals surface area contributed by atoms with Crippen molar-refractivity contribution >= 4 is 15.9 Å². The van der Waals surface area contributed by atoms with Gasteiger partial charge in [-0.05, 0) is 48.9 Å². The minimum atomic E-state index is -3.67. The molecule has 3 aromatic rings. The Morgan fingerprint density at radius 3 is 1.97 bits per heavy atom. The molecule has 0 spiro atoms.